The van der Waals surface area contributed by atoms with Crippen LogP contribution in [0, 0.1) is 0 Å². The van der Waals surface area contributed by atoms with Crippen LogP contribution < -0.4 is 4.90 Å². The van der Waals surface area contributed by atoms with E-state index in [4.69, 9.17) is 0 Å². The largest absolute Gasteiger partial charge is 0.343 e. The zero-order valence-electron chi connectivity index (χ0n) is 8.07. The molecule has 1 aromatic carbocycles. The van der Waals surface area contributed by atoms with Crippen LogP contribution in [0.25, 0.3) is 0 Å². The van der Waals surface area contributed by atoms with Crippen molar-refractivity contribution in [1.82, 2.24) is 0 Å². The highest BCUT2D eigenvalue weighted by molar-refractivity contribution is 9.12. The quantitative estimate of drug-likeness (QED) is 0.734. The van der Waals surface area contributed by atoms with Crippen molar-refractivity contribution in [2.24, 2.45) is 0 Å². The van der Waals surface area contributed by atoms with Gasteiger partial charge in [-0.2, -0.15) is 0 Å². The minimum Gasteiger partial charge on any atom is -0.343 e. The van der Waals surface area contributed by atoms with Crippen molar-refractivity contribution in [3.63, 3.8) is 0 Å². The molecule has 1 aliphatic rings. The summed E-state index contributed by atoms with van der Waals surface area (Å²) in [5.41, 5.74) is 2.53. The third-order valence-corrected chi connectivity index (χ3v) is 3.16. The van der Waals surface area contributed by atoms with Gasteiger partial charge in [0, 0.05) is 22.9 Å². The monoisotopic (exact) mass is 249 g/mol. The number of nitrogens with zero attached hydrogens (tertiary/aromatic N) is 1. The van der Waals surface area contributed by atoms with Gasteiger partial charge in [0.1, 0.15) is 0 Å². The van der Waals surface area contributed by atoms with E-state index in [9.17, 15) is 0 Å². The van der Waals surface area contributed by atoms with Crippen LogP contribution in [0.4, 0.5) is 5.69 Å². The molecule has 0 unspecified atom stereocenters. The fourth-order valence-corrected chi connectivity index (χ4v) is 1.83. The maximum atomic E-state index is 3.54. The van der Waals surface area contributed by atoms with Crippen LogP contribution in [0.15, 0.2) is 52.7 Å². The van der Waals surface area contributed by atoms with Crippen molar-refractivity contribution in [3.8, 4) is 0 Å². The Morgan fingerprint density at radius 1 is 1.21 bits per heavy atom. The Morgan fingerprint density at radius 3 is 2.57 bits per heavy atom. The standard InChI is InChI=1S/C12H12BrN/c1-10-7-8-14(9-12(10)13)11-5-3-2-4-6-11/h2-7,9H,8H2,1H3. The van der Waals surface area contributed by atoms with Gasteiger partial charge in [-0.25, -0.2) is 0 Å². The molecule has 1 aliphatic heterocycles. The lowest BCUT2D eigenvalue weighted by atomic mass is 10.2. The van der Waals surface area contributed by atoms with E-state index >= 15 is 0 Å². The van der Waals surface area contributed by atoms with Gasteiger partial charge in [-0.15, -0.1) is 0 Å². The van der Waals surface area contributed by atoms with Crippen LogP contribution in [0.3, 0.4) is 0 Å². The molecule has 2 heteroatoms. The Labute approximate surface area is 92.9 Å². The van der Waals surface area contributed by atoms with E-state index in [1.165, 1.54) is 11.3 Å². The summed E-state index contributed by atoms with van der Waals surface area (Å²) in [4.78, 5) is 2.22. The van der Waals surface area contributed by atoms with E-state index in [0.29, 0.717) is 0 Å². The first-order valence-electron chi connectivity index (χ1n) is 4.63. The highest BCUT2D eigenvalue weighted by atomic mass is 79.9. The van der Waals surface area contributed by atoms with Gasteiger partial charge in [-0.05, 0) is 40.6 Å². The molecule has 1 heterocycles. The van der Waals surface area contributed by atoms with Crippen molar-refractivity contribution < 1.29 is 0 Å². The van der Waals surface area contributed by atoms with E-state index in [0.717, 1.165) is 11.0 Å². The maximum Gasteiger partial charge on any atom is 0.0412 e. The Balaban J connectivity index is 2.25. The topological polar surface area (TPSA) is 3.24 Å². The summed E-state index contributed by atoms with van der Waals surface area (Å²) < 4.78 is 1.16. The molecule has 0 aromatic heterocycles. The van der Waals surface area contributed by atoms with Gasteiger partial charge in [-0.3, -0.25) is 0 Å². The smallest absolute Gasteiger partial charge is 0.0412 e. The van der Waals surface area contributed by atoms with Crippen LogP contribution in [-0.4, -0.2) is 6.54 Å². The molecule has 0 fully saturated rings. The summed E-state index contributed by atoms with van der Waals surface area (Å²) in [6, 6.07) is 10.4. The minimum absolute atomic E-state index is 0.949. The number of halogens is 1. The molecular weight excluding hydrogens is 238 g/mol. The van der Waals surface area contributed by atoms with Crippen molar-refractivity contribution >= 4 is 21.6 Å². The van der Waals surface area contributed by atoms with Crippen LogP contribution in [0.5, 0.6) is 0 Å². The lowest BCUT2D eigenvalue weighted by Gasteiger charge is -2.23. The molecule has 0 atom stereocenters. The lowest BCUT2D eigenvalue weighted by Crippen LogP contribution is -2.19. The van der Waals surface area contributed by atoms with Gasteiger partial charge in [0.15, 0.2) is 0 Å². The highest BCUT2D eigenvalue weighted by Crippen LogP contribution is 2.25. The third kappa shape index (κ3) is 1.90. The van der Waals surface area contributed by atoms with Crippen molar-refractivity contribution in [1.29, 1.82) is 0 Å². The molecule has 0 radical (unpaired) electrons. The SMILES string of the molecule is CC1=CCN(c2ccccc2)C=C1Br. The summed E-state index contributed by atoms with van der Waals surface area (Å²) in [5, 5.41) is 0. The highest BCUT2D eigenvalue weighted by Gasteiger charge is 2.08. The Hall–Kier alpha value is -1.02. The number of allylic oxidation sites excluding steroid dienone is 2. The number of hydrogen-bond acceptors (Lipinski definition) is 1. The minimum atomic E-state index is 0.949. The maximum absolute atomic E-state index is 3.54. The molecule has 2 rings (SSSR count). The summed E-state index contributed by atoms with van der Waals surface area (Å²) in [6.45, 7) is 3.06. The zero-order chi connectivity index (χ0) is 9.97. The molecule has 0 spiro atoms. The molecule has 0 N–H and O–H groups in total. The van der Waals surface area contributed by atoms with E-state index in [2.05, 4.69) is 64.3 Å². The van der Waals surface area contributed by atoms with Crippen LogP contribution in [0.2, 0.25) is 0 Å². The van der Waals surface area contributed by atoms with E-state index in [-0.39, 0.29) is 0 Å². The summed E-state index contributed by atoms with van der Waals surface area (Å²) in [7, 11) is 0. The van der Waals surface area contributed by atoms with Crippen LogP contribution in [0.1, 0.15) is 6.92 Å². The Bertz CT molecular complexity index is 379. The van der Waals surface area contributed by atoms with E-state index in [1.807, 2.05) is 6.07 Å². The molecule has 72 valence electrons. The normalized spacial score (nSPS) is 16.3. The number of anilines is 1. The molecule has 14 heavy (non-hydrogen) atoms. The average Bonchev–Trinajstić information content (AvgIpc) is 2.23. The molecule has 1 aromatic rings. The molecule has 1 nitrogen and oxygen atoms in total. The first-order chi connectivity index (χ1) is 6.77. The van der Waals surface area contributed by atoms with Gasteiger partial charge in [0.05, 0.1) is 0 Å². The first kappa shape index (κ1) is 9.53. The van der Waals surface area contributed by atoms with Gasteiger partial charge in [-0.1, -0.05) is 24.3 Å². The van der Waals surface area contributed by atoms with Gasteiger partial charge >= 0.3 is 0 Å². The second kappa shape index (κ2) is 4.01. The number of para-hydroxylation sites is 1. The summed E-state index contributed by atoms with van der Waals surface area (Å²) in [5.74, 6) is 0. The molecule has 0 bridgehead atoms. The first-order valence-corrected chi connectivity index (χ1v) is 5.43. The van der Waals surface area contributed by atoms with Crippen molar-refractivity contribution in [2.75, 3.05) is 11.4 Å². The Morgan fingerprint density at radius 2 is 1.93 bits per heavy atom. The van der Waals surface area contributed by atoms with Crippen molar-refractivity contribution in [3.05, 3.63) is 52.7 Å². The fraction of sp³-hybridized carbons (Fsp3) is 0.167. The predicted molar refractivity (Wildman–Crippen MR) is 64.6 cm³/mol. The zero-order valence-corrected chi connectivity index (χ0v) is 9.66. The molecule has 0 saturated heterocycles. The molecular formula is C12H12BrN. The third-order valence-electron chi connectivity index (χ3n) is 2.33. The van der Waals surface area contributed by atoms with Crippen LogP contribution in [-0.2, 0) is 0 Å². The van der Waals surface area contributed by atoms with Gasteiger partial charge in [0.25, 0.3) is 0 Å². The average molecular weight is 250 g/mol. The number of rotatable bonds is 1. The van der Waals surface area contributed by atoms with Crippen LogP contribution >= 0.6 is 15.9 Å². The summed E-state index contributed by atoms with van der Waals surface area (Å²) in [6.07, 6.45) is 4.35. The molecule has 0 aliphatic carbocycles. The summed E-state index contributed by atoms with van der Waals surface area (Å²) >= 11 is 3.54. The van der Waals surface area contributed by atoms with Crippen molar-refractivity contribution in [2.45, 2.75) is 6.92 Å². The van der Waals surface area contributed by atoms with Gasteiger partial charge < -0.3 is 4.90 Å². The fourth-order valence-electron chi connectivity index (χ4n) is 1.42. The molecule has 0 saturated carbocycles. The van der Waals surface area contributed by atoms with E-state index in [1.54, 1.807) is 0 Å². The molecule has 0 amide bonds. The second-order valence-electron chi connectivity index (χ2n) is 3.35. The van der Waals surface area contributed by atoms with Gasteiger partial charge in [0.2, 0.25) is 0 Å². The predicted octanol–water partition coefficient (Wildman–Crippen LogP) is 3.69. The number of hydrogen-bond donors (Lipinski definition) is 0. The lowest BCUT2D eigenvalue weighted by molar-refractivity contribution is 1.05. The second-order valence-corrected chi connectivity index (χ2v) is 4.21. The number of benzene rings is 1. The van der Waals surface area contributed by atoms with E-state index < -0.39 is 0 Å². The Kier molecular flexibility index (Phi) is 2.73.